The standard InChI is InChI=1S/C47H81N7O19S/c1-7-37(46(62)72-8-2)73-47(63)49-15-32-74-33-50-43(59)35(5)51-45(61)42(34(3)4)53-38(55)10-9-36(52-39(56)13-16-54-40(57)11-12-41(54)58)44(60)48-14-17-65-20-21-67-24-25-69-28-29-71-31-30-70-27-26-68-23-22-66-19-18-64-6/h11-12,34-37,42H,7-10,13-33H2,1-6H3,(H,48,60)(H,49,63)(H,50,59)(H,51,61)(H,52,56)(H,53,55)/t35-,36-,37?,42-/m0/s1. The van der Waals surface area contributed by atoms with Crippen LogP contribution in [0.3, 0.4) is 0 Å². The van der Waals surface area contributed by atoms with Gasteiger partial charge in [0.05, 0.1) is 112 Å². The monoisotopic (exact) mass is 1080 g/mol. The van der Waals surface area contributed by atoms with Gasteiger partial charge in [-0.25, -0.2) is 9.59 Å². The lowest BCUT2D eigenvalue weighted by Crippen LogP contribution is -2.54. The molecule has 8 amide bonds. The molecule has 0 aliphatic carbocycles. The highest BCUT2D eigenvalue weighted by Crippen LogP contribution is 2.08. The first kappa shape index (κ1) is 67.0. The first-order valence-corrected chi connectivity index (χ1v) is 26.0. The summed E-state index contributed by atoms with van der Waals surface area (Å²) < 4.78 is 53.0. The van der Waals surface area contributed by atoms with E-state index in [1.54, 1.807) is 34.8 Å². The van der Waals surface area contributed by atoms with Crippen LogP contribution in [0.4, 0.5) is 4.79 Å². The summed E-state index contributed by atoms with van der Waals surface area (Å²) in [7, 11) is 1.62. The number of thioether (sulfide) groups is 1. The molecule has 1 heterocycles. The highest BCUT2D eigenvalue weighted by molar-refractivity contribution is 7.99. The fourth-order valence-electron chi connectivity index (χ4n) is 6.04. The lowest BCUT2D eigenvalue weighted by molar-refractivity contribution is -0.153. The zero-order chi connectivity index (χ0) is 54.8. The number of carbonyl (C=O) groups excluding carboxylic acids is 9. The lowest BCUT2D eigenvalue weighted by atomic mass is 10.0. The van der Waals surface area contributed by atoms with Crippen molar-refractivity contribution in [3.8, 4) is 0 Å². The normalized spacial score (nSPS) is 13.7. The van der Waals surface area contributed by atoms with E-state index in [4.69, 9.17) is 47.4 Å². The van der Waals surface area contributed by atoms with Gasteiger partial charge >= 0.3 is 12.1 Å². The zero-order valence-electron chi connectivity index (χ0n) is 43.8. The third-order valence-corrected chi connectivity index (χ3v) is 10.9. The Labute approximate surface area is 438 Å². The molecule has 0 radical (unpaired) electrons. The van der Waals surface area contributed by atoms with Gasteiger partial charge in [-0.05, 0) is 32.6 Å². The van der Waals surface area contributed by atoms with Gasteiger partial charge in [0.15, 0.2) is 0 Å². The molecule has 0 fully saturated rings. The summed E-state index contributed by atoms with van der Waals surface area (Å²) in [4.78, 5) is 114. The molecule has 0 aromatic carbocycles. The van der Waals surface area contributed by atoms with Gasteiger partial charge in [0.2, 0.25) is 35.6 Å². The molecule has 0 aromatic rings. The number of esters is 1. The number of nitrogens with one attached hydrogen (secondary N) is 6. The summed E-state index contributed by atoms with van der Waals surface area (Å²) in [6.45, 7) is 14.3. The number of hydrogen-bond donors (Lipinski definition) is 6. The fourth-order valence-corrected chi connectivity index (χ4v) is 6.67. The quantitative estimate of drug-likeness (QED) is 0.0184. The summed E-state index contributed by atoms with van der Waals surface area (Å²) in [5.41, 5.74) is 0. The van der Waals surface area contributed by atoms with E-state index in [2.05, 4.69) is 31.9 Å². The van der Waals surface area contributed by atoms with Gasteiger partial charge < -0.3 is 79.3 Å². The number of carbonyl (C=O) groups is 9. The number of imide groups is 1. The molecular formula is C47H81N7O19S. The molecule has 27 heteroatoms. The van der Waals surface area contributed by atoms with Crippen LogP contribution in [0.5, 0.6) is 0 Å². The Bertz CT molecular complexity index is 1680. The maximum Gasteiger partial charge on any atom is 0.408 e. The Morgan fingerprint density at radius 3 is 1.61 bits per heavy atom. The summed E-state index contributed by atoms with van der Waals surface area (Å²) in [5.74, 6) is -4.66. The Morgan fingerprint density at radius 2 is 1.11 bits per heavy atom. The second-order valence-corrected chi connectivity index (χ2v) is 17.3. The molecule has 424 valence electrons. The first-order chi connectivity index (χ1) is 35.6. The van der Waals surface area contributed by atoms with Crippen molar-refractivity contribution in [3.63, 3.8) is 0 Å². The van der Waals surface area contributed by atoms with Crippen molar-refractivity contribution < 1.29 is 90.5 Å². The second kappa shape index (κ2) is 43.3. The van der Waals surface area contributed by atoms with Crippen molar-refractivity contribution in [3.05, 3.63) is 12.2 Å². The molecule has 1 unspecified atom stereocenters. The lowest BCUT2D eigenvalue weighted by Gasteiger charge is -2.24. The van der Waals surface area contributed by atoms with E-state index in [1.165, 1.54) is 18.7 Å². The number of nitrogens with zero attached hydrogens (tertiary/aromatic N) is 1. The minimum absolute atomic E-state index is 0.0554. The van der Waals surface area contributed by atoms with Gasteiger partial charge in [-0.3, -0.25) is 38.5 Å². The Kier molecular flexibility index (Phi) is 39.2. The van der Waals surface area contributed by atoms with Gasteiger partial charge in [0, 0.05) is 57.5 Å². The summed E-state index contributed by atoms with van der Waals surface area (Å²) in [6, 6.07) is -3.27. The van der Waals surface area contributed by atoms with E-state index in [0.717, 1.165) is 17.1 Å². The van der Waals surface area contributed by atoms with Crippen molar-refractivity contribution in [2.45, 2.75) is 84.5 Å². The predicted octanol–water partition coefficient (Wildman–Crippen LogP) is -1.03. The van der Waals surface area contributed by atoms with Crippen LogP contribution in [-0.2, 0) is 85.7 Å². The van der Waals surface area contributed by atoms with Crippen molar-refractivity contribution in [1.82, 2.24) is 36.8 Å². The highest BCUT2D eigenvalue weighted by Gasteiger charge is 2.29. The predicted molar refractivity (Wildman–Crippen MR) is 267 cm³/mol. The van der Waals surface area contributed by atoms with E-state index in [9.17, 15) is 43.2 Å². The third-order valence-electron chi connectivity index (χ3n) is 10.0. The molecule has 0 aromatic heterocycles. The molecule has 1 aliphatic rings. The van der Waals surface area contributed by atoms with Crippen LogP contribution in [0.2, 0.25) is 0 Å². The summed E-state index contributed by atoms with van der Waals surface area (Å²) >= 11 is 1.28. The SMILES string of the molecule is CCOC(=O)C(CC)OC(=O)NCCSCNC(=O)[C@H](C)NC(=O)[C@@H](NC(=O)CC[C@H](NC(=O)CCN1C(=O)C=CC1=O)C(=O)NCCOCCOCCOCCOCCOCCOCCOCCOC)C(C)C. The molecule has 0 saturated heterocycles. The molecule has 26 nitrogen and oxygen atoms in total. The second-order valence-electron chi connectivity index (χ2n) is 16.2. The van der Waals surface area contributed by atoms with Crippen molar-refractivity contribution in [1.29, 1.82) is 0 Å². The third kappa shape index (κ3) is 33.0. The Hall–Kier alpha value is -5.00. The smallest absolute Gasteiger partial charge is 0.408 e. The Balaban J connectivity index is 2.45. The molecule has 0 spiro atoms. The van der Waals surface area contributed by atoms with Crippen LogP contribution in [0.25, 0.3) is 0 Å². The molecule has 1 rings (SSSR count). The van der Waals surface area contributed by atoms with Crippen molar-refractivity contribution >= 4 is 65.2 Å². The van der Waals surface area contributed by atoms with E-state index in [1.807, 2.05) is 0 Å². The van der Waals surface area contributed by atoms with Crippen LogP contribution >= 0.6 is 11.8 Å². The van der Waals surface area contributed by atoms with E-state index < -0.39 is 83.6 Å². The van der Waals surface area contributed by atoms with Crippen LogP contribution in [0.1, 0.15) is 60.3 Å². The minimum atomic E-state index is -1.21. The van der Waals surface area contributed by atoms with Crippen LogP contribution in [0.15, 0.2) is 12.2 Å². The largest absolute Gasteiger partial charge is 0.463 e. The average molecular weight is 1080 g/mol. The van der Waals surface area contributed by atoms with Crippen molar-refractivity contribution in [2.24, 2.45) is 5.92 Å². The minimum Gasteiger partial charge on any atom is -0.463 e. The zero-order valence-corrected chi connectivity index (χ0v) is 44.6. The molecule has 0 bridgehead atoms. The molecule has 6 N–H and O–H groups in total. The first-order valence-electron chi connectivity index (χ1n) is 24.8. The summed E-state index contributed by atoms with van der Waals surface area (Å²) in [5, 5.41) is 15.7. The van der Waals surface area contributed by atoms with E-state index >= 15 is 0 Å². The molecule has 74 heavy (non-hydrogen) atoms. The maximum atomic E-state index is 13.3. The highest BCUT2D eigenvalue weighted by atomic mass is 32.2. The Morgan fingerprint density at radius 1 is 0.595 bits per heavy atom. The van der Waals surface area contributed by atoms with E-state index in [0.29, 0.717) is 85.0 Å². The number of rotatable bonds is 46. The maximum absolute atomic E-state index is 13.3. The van der Waals surface area contributed by atoms with Gasteiger partial charge in [0.1, 0.15) is 18.1 Å². The van der Waals surface area contributed by atoms with Gasteiger partial charge in [-0.1, -0.05) is 20.8 Å². The average Bonchev–Trinajstić information content (AvgIpc) is 3.70. The molecular weight excluding hydrogens is 999 g/mol. The van der Waals surface area contributed by atoms with Crippen LogP contribution < -0.4 is 31.9 Å². The molecule has 0 saturated carbocycles. The van der Waals surface area contributed by atoms with Crippen molar-refractivity contribution in [2.75, 3.05) is 144 Å². The number of amides is 8. The van der Waals surface area contributed by atoms with Gasteiger partial charge in [0.25, 0.3) is 11.8 Å². The number of ether oxygens (including phenoxy) is 10. The summed E-state index contributed by atoms with van der Waals surface area (Å²) in [6.07, 6.45) is -0.142. The number of alkyl carbamates (subject to hydrolysis) is 1. The van der Waals surface area contributed by atoms with Gasteiger partial charge in [-0.15, -0.1) is 11.8 Å². The van der Waals surface area contributed by atoms with E-state index in [-0.39, 0.29) is 77.6 Å². The van der Waals surface area contributed by atoms with Crippen LogP contribution in [0, 0.1) is 5.92 Å². The molecule has 1 aliphatic heterocycles. The number of hydrogen-bond acceptors (Lipinski definition) is 20. The van der Waals surface area contributed by atoms with Crippen LogP contribution in [-0.4, -0.2) is 227 Å². The number of methoxy groups -OCH3 is 1. The topological polar surface area (TPSA) is 321 Å². The molecule has 4 atom stereocenters. The van der Waals surface area contributed by atoms with Gasteiger partial charge in [-0.2, -0.15) is 0 Å². The fraction of sp³-hybridized carbons (Fsp3) is 0.766.